The van der Waals surface area contributed by atoms with Crippen LogP contribution in [0.1, 0.15) is 15.9 Å². The van der Waals surface area contributed by atoms with Crippen LogP contribution in [0.25, 0.3) is 11.0 Å². The summed E-state index contributed by atoms with van der Waals surface area (Å²) in [6.07, 6.45) is -4.57. The number of halogens is 4. The highest BCUT2D eigenvalue weighted by Crippen LogP contribution is 2.34. The second-order valence-electron chi connectivity index (χ2n) is 5.17. The molecular weight excluding hydrogens is 357 g/mol. The number of hydrogen-bond donors (Lipinski definition) is 2. The largest absolute Gasteiger partial charge is 0.438 e. The molecule has 2 aromatic carbocycles. The van der Waals surface area contributed by atoms with Crippen molar-refractivity contribution in [1.29, 1.82) is 5.41 Å². The lowest BCUT2D eigenvalue weighted by Crippen LogP contribution is -2.21. The predicted molar refractivity (Wildman–Crippen MR) is 86.5 cm³/mol. The minimum atomic E-state index is -4.57. The molecule has 3 rings (SSSR count). The first-order valence-corrected chi connectivity index (χ1v) is 7.39. The third-order valence-electron chi connectivity index (χ3n) is 3.46. The van der Waals surface area contributed by atoms with E-state index in [1.165, 1.54) is 6.07 Å². The number of alkyl halides is 3. The lowest BCUT2D eigenvalue weighted by Gasteiger charge is -2.11. The highest BCUT2D eigenvalue weighted by atomic mass is 35.5. The first-order valence-electron chi connectivity index (χ1n) is 7.01. The van der Waals surface area contributed by atoms with Gasteiger partial charge in [0.15, 0.2) is 0 Å². The summed E-state index contributed by atoms with van der Waals surface area (Å²) in [7, 11) is 0. The summed E-state index contributed by atoms with van der Waals surface area (Å²) in [5.74, 6) is -0.791. The van der Waals surface area contributed by atoms with Crippen LogP contribution in [0.15, 0.2) is 52.9 Å². The zero-order valence-corrected chi connectivity index (χ0v) is 13.2. The Hall–Kier alpha value is -2.80. The van der Waals surface area contributed by atoms with Crippen LogP contribution in [-0.2, 0) is 6.18 Å². The van der Waals surface area contributed by atoms with Gasteiger partial charge in [-0.15, -0.1) is 0 Å². The highest BCUT2D eigenvalue weighted by Gasteiger charge is 2.31. The van der Waals surface area contributed by atoms with Crippen LogP contribution >= 0.6 is 11.6 Å². The van der Waals surface area contributed by atoms with Crippen LogP contribution in [0.3, 0.4) is 0 Å². The Morgan fingerprint density at radius 3 is 2.56 bits per heavy atom. The molecule has 0 bridgehead atoms. The summed E-state index contributed by atoms with van der Waals surface area (Å²) < 4.78 is 43.6. The molecule has 3 aromatic rings. The minimum absolute atomic E-state index is 0.0504. The van der Waals surface area contributed by atoms with Crippen LogP contribution in [0, 0.1) is 5.41 Å². The number of para-hydroxylation sites is 1. The number of carbonyl (C=O) groups excluding carboxylic acids is 1. The van der Waals surface area contributed by atoms with Gasteiger partial charge in [-0.3, -0.25) is 10.2 Å². The lowest BCUT2D eigenvalue weighted by atomic mass is 10.1. The molecule has 25 heavy (non-hydrogen) atoms. The van der Waals surface area contributed by atoms with Gasteiger partial charge in [0.1, 0.15) is 11.1 Å². The summed E-state index contributed by atoms with van der Waals surface area (Å²) in [6, 6.07) is 10.8. The molecule has 0 spiro atoms. The van der Waals surface area contributed by atoms with E-state index in [1.807, 2.05) is 0 Å². The van der Waals surface area contributed by atoms with E-state index in [1.54, 1.807) is 24.3 Å². The molecule has 1 aromatic heterocycles. The summed E-state index contributed by atoms with van der Waals surface area (Å²) in [5.41, 5.74) is -1.25. The molecule has 1 amide bonds. The van der Waals surface area contributed by atoms with Crippen molar-refractivity contribution in [3.63, 3.8) is 0 Å². The van der Waals surface area contributed by atoms with E-state index in [4.69, 9.17) is 21.4 Å². The molecule has 0 saturated heterocycles. The van der Waals surface area contributed by atoms with Crippen molar-refractivity contribution in [3.8, 4) is 0 Å². The molecule has 0 saturated carbocycles. The summed E-state index contributed by atoms with van der Waals surface area (Å²) in [6.45, 7) is 0. The van der Waals surface area contributed by atoms with Crippen LogP contribution in [0.4, 0.5) is 18.9 Å². The fourth-order valence-corrected chi connectivity index (χ4v) is 2.40. The Balaban J connectivity index is 1.98. The Morgan fingerprint density at radius 2 is 1.84 bits per heavy atom. The number of benzene rings is 2. The second-order valence-corrected chi connectivity index (χ2v) is 5.58. The first-order chi connectivity index (χ1) is 11.8. The molecule has 0 fully saturated rings. The van der Waals surface area contributed by atoms with Crippen LogP contribution in [-0.4, -0.2) is 5.91 Å². The smallest absolute Gasteiger partial charge is 0.416 e. The number of nitrogens with one attached hydrogen (secondary N) is 2. The monoisotopic (exact) mass is 366 g/mol. The van der Waals surface area contributed by atoms with Crippen LogP contribution in [0.5, 0.6) is 0 Å². The second kappa shape index (κ2) is 6.25. The number of carbonyl (C=O) groups is 1. The van der Waals surface area contributed by atoms with E-state index in [2.05, 4.69) is 5.32 Å². The van der Waals surface area contributed by atoms with Crippen molar-refractivity contribution >= 4 is 34.2 Å². The maximum Gasteiger partial charge on any atom is 0.416 e. The molecule has 4 nitrogen and oxygen atoms in total. The molecular formula is C17H10ClF3N2O2. The standard InChI is InChI=1S/C17H10ClF3N2O2/c18-12-6-5-10(17(19,20)21)8-13(12)23-16(24)11-7-9-3-1-2-4-14(9)25-15(11)22/h1-8,22H,(H,23,24). The van der Waals surface area contributed by atoms with Crippen molar-refractivity contribution in [1.82, 2.24) is 0 Å². The summed E-state index contributed by atoms with van der Waals surface area (Å²) >= 11 is 5.86. The summed E-state index contributed by atoms with van der Waals surface area (Å²) in [5, 5.41) is 10.6. The van der Waals surface area contributed by atoms with E-state index in [-0.39, 0.29) is 16.3 Å². The maximum absolute atomic E-state index is 12.8. The molecule has 8 heteroatoms. The van der Waals surface area contributed by atoms with Crippen LogP contribution < -0.4 is 10.9 Å². The van der Waals surface area contributed by atoms with Gasteiger partial charge in [-0.25, -0.2) is 0 Å². The Kier molecular flexibility index (Phi) is 4.26. The van der Waals surface area contributed by atoms with Gasteiger partial charge < -0.3 is 9.73 Å². The normalized spacial score (nSPS) is 11.5. The zero-order valence-electron chi connectivity index (χ0n) is 12.4. The number of amides is 1. The van der Waals surface area contributed by atoms with Gasteiger partial charge in [0.2, 0.25) is 5.55 Å². The van der Waals surface area contributed by atoms with Crippen molar-refractivity contribution < 1.29 is 22.4 Å². The molecule has 0 aliphatic rings. The van der Waals surface area contributed by atoms with Gasteiger partial charge in [-0.1, -0.05) is 29.8 Å². The van der Waals surface area contributed by atoms with E-state index < -0.39 is 23.2 Å². The van der Waals surface area contributed by atoms with Crippen molar-refractivity contribution in [2.45, 2.75) is 6.18 Å². The molecule has 0 aliphatic heterocycles. The molecule has 0 unspecified atom stereocenters. The zero-order chi connectivity index (χ0) is 18.2. The molecule has 0 atom stereocenters. The topological polar surface area (TPSA) is 66.1 Å². The Labute approximate surface area is 144 Å². The number of anilines is 1. The lowest BCUT2D eigenvalue weighted by molar-refractivity contribution is -0.137. The van der Waals surface area contributed by atoms with Crippen LogP contribution in [0.2, 0.25) is 5.02 Å². The first kappa shape index (κ1) is 17.0. The minimum Gasteiger partial charge on any atom is -0.438 e. The number of hydrogen-bond acceptors (Lipinski definition) is 3. The van der Waals surface area contributed by atoms with E-state index in [9.17, 15) is 18.0 Å². The van der Waals surface area contributed by atoms with E-state index in [0.717, 1.165) is 18.2 Å². The predicted octanol–water partition coefficient (Wildman–Crippen LogP) is 4.84. The van der Waals surface area contributed by atoms with Gasteiger partial charge in [-0.2, -0.15) is 13.2 Å². The SMILES string of the molecule is N=c1oc2ccccc2cc1C(=O)Nc1cc(C(F)(F)F)ccc1Cl. The molecule has 0 radical (unpaired) electrons. The van der Waals surface area contributed by atoms with Crippen molar-refractivity contribution in [3.05, 3.63) is 70.2 Å². The van der Waals surface area contributed by atoms with Gasteiger partial charge in [0.05, 0.1) is 16.3 Å². The average molecular weight is 367 g/mol. The highest BCUT2D eigenvalue weighted by molar-refractivity contribution is 6.34. The number of rotatable bonds is 2. The molecule has 128 valence electrons. The van der Waals surface area contributed by atoms with Crippen molar-refractivity contribution in [2.75, 3.05) is 5.32 Å². The molecule has 2 N–H and O–H groups in total. The van der Waals surface area contributed by atoms with E-state index >= 15 is 0 Å². The fourth-order valence-electron chi connectivity index (χ4n) is 2.23. The van der Waals surface area contributed by atoms with Gasteiger partial charge in [0, 0.05) is 5.39 Å². The van der Waals surface area contributed by atoms with Crippen molar-refractivity contribution in [2.24, 2.45) is 0 Å². The third-order valence-corrected chi connectivity index (χ3v) is 3.79. The maximum atomic E-state index is 12.8. The van der Waals surface area contributed by atoms with Gasteiger partial charge in [-0.05, 0) is 30.3 Å². The average Bonchev–Trinajstić information content (AvgIpc) is 2.55. The van der Waals surface area contributed by atoms with E-state index in [0.29, 0.717) is 11.0 Å². The Bertz CT molecular complexity index is 1030. The van der Waals surface area contributed by atoms with Gasteiger partial charge in [0.25, 0.3) is 5.91 Å². The molecule has 1 heterocycles. The van der Waals surface area contributed by atoms with Gasteiger partial charge >= 0.3 is 6.18 Å². The Morgan fingerprint density at radius 1 is 1.12 bits per heavy atom. The fraction of sp³-hybridized carbons (Fsp3) is 0.0588. The molecule has 0 aliphatic carbocycles. The quantitative estimate of drug-likeness (QED) is 0.681. The summed E-state index contributed by atoms with van der Waals surface area (Å²) in [4.78, 5) is 12.4. The third kappa shape index (κ3) is 3.51. The number of fused-ring (bicyclic) bond motifs is 1.